The van der Waals surface area contributed by atoms with Gasteiger partial charge in [-0.05, 0) is 38.8 Å². The van der Waals surface area contributed by atoms with Gasteiger partial charge in [-0.1, -0.05) is 17.7 Å². The number of hydrogen-bond acceptors (Lipinski definition) is 2. The lowest BCUT2D eigenvalue weighted by molar-refractivity contribution is 0.516. The zero-order valence-electron chi connectivity index (χ0n) is 10.8. The Morgan fingerprint density at radius 1 is 1.17 bits per heavy atom. The molecule has 1 aromatic carbocycles. The molecule has 4 nitrogen and oxygen atoms in total. The van der Waals surface area contributed by atoms with Gasteiger partial charge in [0, 0.05) is 13.1 Å². The van der Waals surface area contributed by atoms with Crippen LogP contribution >= 0.6 is 0 Å². The maximum Gasteiger partial charge on any atom is 0.283 e. The van der Waals surface area contributed by atoms with Gasteiger partial charge >= 0.3 is 0 Å². The topological polar surface area (TPSA) is 49.7 Å². The van der Waals surface area contributed by atoms with Crippen LogP contribution in [0.3, 0.4) is 0 Å². The number of likely N-dealkylation sites (tertiary alicyclic amines) is 1. The van der Waals surface area contributed by atoms with Crippen molar-refractivity contribution in [2.24, 2.45) is 4.40 Å². The summed E-state index contributed by atoms with van der Waals surface area (Å²) in [4.78, 5) is 2.28. The van der Waals surface area contributed by atoms with Crippen LogP contribution in [0.1, 0.15) is 25.3 Å². The predicted octanol–water partition coefficient (Wildman–Crippen LogP) is 2.20. The van der Waals surface area contributed by atoms with Crippen LogP contribution in [-0.2, 0) is 10.0 Å². The normalized spacial score (nSPS) is 17.2. The summed E-state index contributed by atoms with van der Waals surface area (Å²) in [6.45, 7) is 5.49. The molecule has 0 unspecified atom stereocenters. The molecule has 0 amide bonds. The van der Waals surface area contributed by atoms with E-state index in [9.17, 15) is 8.42 Å². The van der Waals surface area contributed by atoms with Crippen LogP contribution in [0.2, 0.25) is 0 Å². The molecular formula is C13H18N2O2S. The van der Waals surface area contributed by atoms with E-state index in [1.54, 1.807) is 31.2 Å². The van der Waals surface area contributed by atoms with Gasteiger partial charge in [-0.2, -0.15) is 8.42 Å². The Kier molecular flexibility index (Phi) is 3.71. The van der Waals surface area contributed by atoms with Gasteiger partial charge in [0.2, 0.25) is 0 Å². The molecule has 5 heteroatoms. The van der Waals surface area contributed by atoms with E-state index in [0.717, 1.165) is 31.5 Å². The standard InChI is InChI=1S/C13H18N2O2S/c1-11-5-7-13(8-6-11)18(16,17)14-12(2)15-9-3-4-10-15/h5-8H,3-4,9-10H2,1-2H3. The maximum atomic E-state index is 12.1. The van der Waals surface area contributed by atoms with Crippen LogP contribution in [0.5, 0.6) is 0 Å². The first-order chi connectivity index (χ1) is 8.49. The first-order valence-corrected chi connectivity index (χ1v) is 7.56. The second-order valence-electron chi connectivity index (χ2n) is 4.62. The molecule has 0 aliphatic carbocycles. The molecule has 18 heavy (non-hydrogen) atoms. The average molecular weight is 266 g/mol. The summed E-state index contributed by atoms with van der Waals surface area (Å²) < 4.78 is 28.1. The SMILES string of the molecule is CC(=NS(=O)(=O)c1ccc(C)cc1)N1CCCC1. The minimum atomic E-state index is -3.57. The summed E-state index contributed by atoms with van der Waals surface area (Å²) in [7, 11) is -3.57. The largest absolute Gasteiger partial charge is 0.360 e. The molecule has 1 aliphatic heterocycles. The lowest BCUT2D eigenvalue weighted by Crippen LogP contribution is -2.26. The van der Waals surface area contributed by atoms with E-state index in [1.165, 1.54) is 0 Å². The van der Waals surface area contributed by atoms with E-state index >= 15 is 0 Å². The van der Waals surface area contributed by atoms with Gasteiger partial charge in [0.05, 0.1) is 4.90 Å². The lowest BCUT2D eigenvalue weighted by atomic mass is 10.2. The van der Waals surface area contributed by atoms with Gasteiger partial charge in [0.1, 0.15) is 5.84 Å². The number of rotatable bonds is 2. The number of amidine groups is 1. The van der Waals surface area contributed by atoms with E-state index < -0.39 is 10.0 Å². The van der Waals surface area contributed by atoms with Crippen LogP contribution in [-0.4, -0.2) is 32.2 Å². The van der Waals surface area contributed by atoms with Crippen molar-refractivity contribution < 1.29 is 8.42 Å². The minimum absolute atomic E-state index is 0.256. The molecule has 0 spiro atoms. The summed E-state index contributed by atoms with van der Waals surface area (Å²) in [5.74, 6) is 0.591. The van der Waals surface area contributed by atoms with E-state index in [0.29, 0.717) is 5.84 Å². The molecule has 1 heterocycles. The highest BCUT2D eigenvalue weighted by Crippen LogP contribution is 2.15. The third-order valence-corrected chi connectivity index (χ3v) is 4.51. The van der Waals surface area contributed by atoms with Gasteiger partial charge in [0.25, 0.3) is 10.0 Å². The highest BCUT2D eigenvalue weighted by molar-refractivity contribution is 7.90. The molecule has 1 aromatic rings. The number of sulfonamides is 1. The monoisotopic (exact) mass is 266 g/mol. The van der Waals surface area contributed by atoms with Crippen molar-refractivity contribution in [3.8, 4) is 0 Å². The first-order valence-electron chi connectivity index (χ1n) is 6.12. The van der Waals surface area contributed by atoms with E-state index in [-0.39, 0.29) is 4.90 Å². The quantitative estimate of drug-likeness (QED) is 0.609. The van der Waals surface area contributed by atoms with Crippen molar-refractivity contribution in [3.63, 3.8) is 0 Å². The molecule has 1 saturated heterocycles. The second-order valence-corrected chi connectivity index (χ2v) is 6.22. The number of benzene rings is 1. The zero-order chi connectivity index (χ0) is 13.2. The Labute approximate surface area is 108 Å². The maximum absolute atomic E-state index is 12.1. The zero-order valence-corrected chi connectivity index (χ0v) is 11.6. The van der Waals surface area contributed by atoms with Crippen molar-refractivity contribution >= 4 is 15.9 Å². The van der Waals surface area contributed by atoms with Crippen molar-refractivity contribution in [1.29, 1.82) is 0 Å². The third-order valence-electron chi connectivity index (χ3n) is 3.13. The molecule has 0 radical (unpaired) electrons. The highest BCUT2D eigenvalue weighted by atomic mass is 32.2. The van der Waals surface area contributed by atoms with E-state index in [1.807, 2.05) is 11.8 Å². The van der Waals surface area contributed by atoms with Crippen molar-refractivity contribution in [2.75, 3.05) is 13.1 Å². The molecular weight excluding hydrogens is 248 g/mol. The molecule has 1 aliphatic rings. The van der Waals surface area contributed by atoms with Gasteiger partial charge in [-0.3, -0.25) is 0 Å². The Morgan fingerprint density at radius 3 is 2.28 bits per heavy atom. The van der Waals surface area contributed by atoms with Crippen molar-refractivity contribution in [1.82, 2.24) is 4.90 Å². The average Bonchev–Trinajstić information content (AvgIpc) is 2.82. The third kappa shape index (κ3) is 2.90. The second kappa shape index (κ2) is 5.10. The fourth-order valence-electron chi connectivity index (χ4n) is 2.04. The van der Waals surface area contributed by atoms with Crippen molar-refractivity contribution in [3.05, 3.63) is 29.8 Å². The number of hydrogen-bond donors (Lipinski definition) is 0. The Bertz CT molecular complexity index is 541. The van der Waals surface area contributed by atoms with Crippen LogP contribution in [0.15, 0.2) is 33.6 Å². The van der Waals surface area contributed by atoms with E-state index in [2.05, 4.69) is 4.40 Å². The van der Waals surface area contributed by atoms with Crippen LogP contribution < -0.4 is 0 Å². The Hall–Kier alpha value is -1.36. The summed E-state index contributed by atoms with van der Waals surface area (Å²) in [5.41, 5.74) is 1.04. The summed E-state index contributed by atoms with van der Waals surface area (Å²) in [5, 5.41) is 0. The number of nitrogens with zero attached hydrogens (tertiary/aromatic N) is 2. The smallest absolute Gasteiger partial charge is 0.283 e. The lowest BCUT2D eigenvalue weighted by Gasteiger charge is -2.16. The minimum Gasteiger partial charge on any atom is -0.360 e. The molecule has 1 fully saturated rings. The summed E-state index contributed by atoms with van der Waals surface area (Å²) in [6.07, 6.45) is 2.22. The van der Waals surface area contributed by atoms with Crippen LogP contribution in [0.25, 0.3) is 0 Å². The molecule has 2 rings (SSSR count). The summed E-state index contributed by atoms with van der Waals surface area (Å²) in [6, 6.07) is 6.78. The van der Waals surface area contributed by atoms with Gasteiger partial charge in [-0.25, -0.2) is 0 Å². The number of aryl methyl sites for hydroxylation is 1. The van der Waals surface area contributed by atoms with Gasteiger partial charge in [-0.15, -0.1) is 4.40 Å². The van der Waals surface area contributed by atoms with Gasteiger partial charge < -0.3 is 4.90 Å². The van der Waals surface area contributed by atoms with Crippen LogP contribution in [0, 0.1) is 6.92 Å². The molecule has 0 atom stereocenters. The fraction of sp³-hybridized carbons (Fsp3) is 0.462. The molecule has 98 valence electrons. The Morgan fingerprint density at radius 2 is 1.72 bits per heavy atom. The molecule has 0 bridgehead atoms. The van der Waals surface area contributed by atoms with Crippen molar-refractivity contribution in [2.45, 2.75) is 31.6 Å². The summed E-state index contributed by atoms with van der Waals surface area (Å²) >= 11 is 0. The fourth-order valence-corrected chi connectivity index (χ4v) is 3.08. The van der Waals surface area contributed by atoms with Gasteiger partial charge in [0.15, 0.2) is 0 Å². The first kappa shape index (κ1) is 13.1. The van der Waals surface area contributed by atoms with E-state index in [4.69, 9.17) is 0 Å². The Balaban J connectivity index is 2.25. The molecule has 0 aromatic heterocycles. The molecule has 0 N–H and O–H groups in total. The highest BCUT2D eigenvalue weighted by Gasteiger charge is 2.17. The van der Waals surface area contributed by atoms with Crippen LogP contribution in [0.4, 0.5) is 0 Å². The molecule has 0 saturated carbocycles. The predicted molar refractivity (Wildman–Crippen MR) is 72.3 cm³/mol.